The van der Waals surface area contributed by atoms with Crippen LogP contribution >= 0.6 is 0 Å². The molecule has 7 atom stereocenters. The number of ketones is 1. The summed E-state index contributed by atoms with van der Waals surface area (Å²) in [6, 6.07) is 0. The molecular formula is C20H32O8. The number of ether oxygens (including phenoxy) is 2. The second-order valence-electron chi connectivity index (χ2n) is 8.49. The van der Waals surface area contributed by atoms with E-state index in [1.807, 2.05) is 20.8 Å². The fourth-order valence-electron chi connectivity index (χ4n) is 3.67. The Morgan fingerprint density at radius 2 is 1.93 bits per heavy atom. The molecule has 1 unspecified atom stereocenters. The maximum Gasteiger partial charge on any atom is 0.186 e. The van der Waals surface area contributed by atoms with Gasteiger partial charge in [0.25, 0.3) is 0 Å². The van der Waals surface area contributed by atoms with Crippen LogP contribution in [0.1, 0.15) is 34.1 Å². The molecule has 0 radical (unpaired) electrons. The molecule has 0 bridgehead atoms. The molecule has 1 heterocycles. The number of rotatable bonds is 6. The van der Waals surface area contributed by atoms with Gasteiger partial charge in [0.1, 0.15) is 30.0 Å². The van der Waals surface area contributed by atoms with Crippen molar-refractivity contribution in [1.82, 2.24) is 0 Å². The van der Waals surface area contributed by atoms with Crippen molar-refractivity contribution in [3.05, 3.63) is 23.8 Å². The largest absolute Gasteiger partial charge is 0.394 e. The molecule has 28 heavy (non-hydrogen) atoms. The molecule has 1 aliphatic carbocycles. The molecule has 8 heteroatoms. The van der Waals surface area contributed by atoms with Crippen molar-refractivity contribution in [2.24, 2.45) is 11.3 Å². The molecule has 8 nitrogen and oxygen atoms in total. The summed E-state index contributed by atoms with van der Waals surface area (Å²) in [5, 5.41) is 49.9. The van der Waals surface area contributed by atoms with Crippen LogP contribution in [0.25, 0.3) is 0 Å². The van der Waals surface area contributed by atoms with Crippen LogP contribution in [0.4, 0.5) is 0 Å². The minimum Gasteiger partial charge on any atom is -0.394 e. The van der Waals surface area contributed by atoms with Crippen LogP contribution in [0.15, 0.2) is 23.8 Å². The van der Waals surface area contributed by atoms with Crippen molar-refractivity contribution in [3.8, 4) is 0 Å². The lowest BCUT2D eigenvalue weighted by Gasteiger charge is -2.44. The first-order chi connectivity index (χ1) is 12.9. The van der Waals surface area contributed by atoms with Crippen molar-refractivity contribution >= 4 is 5.78 Å². The van der Waals surface area contributed by atoms with E-state index in [0.29, 0.717) is 5.57 Å². The van der Waals surface area contributed by atoms with Crippen LogP contribution in [0, 0.1) is 11.3 Å². The number of carbonyl (C=O) groups is 1. The van der Waals surface area contributed by atoms with Gasteiger partial charge in [0.15, 0.2) is 12.1 Å². The second kappa shape index (κ2) is 8.71. The second-order valence-corrected chi connectivity index (χ2v) is 8.49. The molecule has 1 aliphatic heterocycles. The van der Waals surface area contributed by atoms with Gasteiger partial charge >= 0.3 is 0 Å². The summed E-state index contributed by atoms with van der Waals surface area (Å²) in [5.41, 5.74) is -1.35. The van der Waals surface area contributed by atoms with Crippen molar-refractivity contribution in [2.45, 2.75) is 70.4 Å². The minimum atomic E-state index is -1.49. The number of hydrogen-bond acceptors (Lipinski definition) is 8. The Labute approximate surface area is 165 Å². The summed E-state index contributed by atoms with van der Waals surface area (Å²) in [7, 11) is 0. The average molecular weight is 400 g/mol. The van der Waals surface area contributed by atoms with E-state index in [0.717, 1.165) is 0 Å². The van der Waals surface area contributed by atoms with E-state index in [1.165, 1.54) is 6.08 Å². The first-order valence-electron chi connectivity index (χ1n) is 9.48. The normalized spacial score (nSPS) is 39.8. The Bertz CT molecular complexity index is 626. The van der Waals surface area contributed by atoms with Gasteiger partial charge in [-0.25, -0.2) is 0 Å². The topological polar surface area (TPSA) is 137 Å². The number of allylic oxidation sites excluding steroid dienone is 1. The summed E-state index contributed by atoms with van der Waals surface area (Å²) in [5.74, 6) is -0.197. The molecule has 0 aromatic carbocycles. The standard InChI is InChI=1S/C20H32O8/c1-11(5-6-20(26)12(2)7-13(22)8-19(20,3)4)10-27-18-17(25)16(24)15(23)14(9-21)28-18/h5-7,11,14-18,21,23-26H,8-10H2,1-4H3/b6-5+/t11?,14-,15-,16+,17-,18-,20-/m1/s1. The molecule has 0 aromatic heterocycles. The first kappa shape index (κ1) is 23.2. The van der Waals surface area contributed by atoms with Gasteiger partial charge in [-0.1, -0.05) is 32.9 Å². The molecule has 1 fully saturated rings. The SMILES string of the molecule is CC1=CC(=O)CC(C)(C)[C@@]1(O)/C=C/C(C)CO[C@@H]1O[C@H](CO)[C@@H](O)[C@H](O)[C@H]1O. The molecule has 160 valence electrons. The van der Waals surface area contributed by atoms with E-state index in [1.54, 1.807) is 19.1 Å². The smallest absolute Gasteiger partial charge is 0.186 e. The van der Waals surface area contributed by atoms with Gasteiger partial charge in [-0.05, 0) is 24.5 Å². The Morgan fingerprint density at radius 3 is 2.50 bits per heavy atom. The van der Waals surface area contributed by atoms with Crippen LogP contribution < -0.4 is 0 Å². The Balaban J connectivity index is 2.01. The molecule has 0 amide bonds. The van der Waals surface area contributed by atoms with Gasteiger partial charge in [-0.3, -0.25) is 4.79 Å². The van der Waals surface area contributed by atoms with Gasteiger partial charge < -0.3 is 35.0 Å². The number of aliphatic hydroxyl groups is 5. The fraction of sp³-hybridized carbons (Fsp3) is 0.750. The molecule has 0 saturated carbocycles. The highest BCUT2D eigenvalue weighted by atomic mass is 16.7. The summed E-state index contributed by atoms with van der Waals surface area (Å²) >= 11 is 0. The summed E-state index contributed by atoms with van der Waals surface area (Å²) in [6.07, 6.45) is -1.47. The third-order valence-electron chi connectivity index (χ3n) is 5.66. The minimum absolute atomic E-state index is 0.0143. The van der Waals surface area contributed by atoms with Crippen LogP contribution in [0.2, 0.25) is 0 Å². The summed E-state index contributed by atoms with van der Waals surface area (Å²) in [4.78, 5) is 11.8. The van der Waals surface area contributed by atoms with Crippen LogP contribution in [-0.4, -0.2) is 80.8 Å². The molecule has 1 saturated heterocycles. The van der Waals surface area contributed by atoms with Crippen molar-refractivity contribution in [1.29, 1.82) is 0 Å². The maximum atomic E-state index is 11.8. The predicted octanol–water partition coefficient (Wildman–Crippen LogP) is -0.328. The fourth-order valence-corrected chi connectivity index (χ4v) is 3.67. The lowest BCUT2D eigenvalue weighted by Crippen LogP contribution is -2.59. The van der Waals surface area contributed by atoms with Gasteiger partial charge in [0.05, 0.1) is 13.2 Å². The van der Waals surface area contributed by atoms with Crippen molar-refractivity contribution < 1.29 is 39.8 Å². The van der Waals surface area contributed by atoms with Crippen molar-refractivity contribution in [2.75, 3.05) is 13.2 Å². The Hall–Kier alpha value is -1.13. The maximum absolute atomic E-state index is 11.8. The van der Waals surface area contributed by atoms with Gasteiger partial charge in [0.2, 0.25) is 0 Å². The monoisotopic (exact) mass is 400 g/mol. The number of aliphatic hydroxyl groups excluding tert-OH is 4. The van der Waals surface area contributed by atoms with Crippen LogP contribution in [0.3, 0.4) is 0 Å². The lowest BCUT2D eigenvalue weighted by molar-refractivity contribution is -0.302. The van der Waals surface area contributed by atoms with E-state index in [4.69, 9.17) is 9.47 Å². The van der Waals surface area contributed by atoms with E-state index in [-0.39, 0.29) is 24.7 Å². The van der Waals surface area contributed by atoms with E-state index in [2.05, 4.69) is 0 Å². The van der Waals surface area contributed by atoms with E-state index >= 15 is 0 Å². The predicted molar refractivity (Wildman–Crippen MR) is 100 cm³/mol. The van der Waals surface area contributed by atoms with Crippen LogP contribution in [-0.2, 0) is 14.3 Å². The van der Waals surface area contributed by atoms with Gasteiger partial charge in [-0.15, -0.1) is 0 Å². The van der Waals surface area contributed by atoms with E-state index in [9.17, 15) is 30.3 Å². The molecule has 5 N–H and O–H groups in total. The number of carbonyl (C=O) groups excluding carboxylic acids is 1. The lowest BCUT2D eigenvalue weighted by atomic mass is 9.64. The zero-order valence-corrected chi connectivity index (χ0v) is 16.8. The third-order valence-corrected chi connectivity index (χ3v) is 5.66. The highest BCUT2D eigenvalue weighted by Gasteiger charge is 2.47. The third kappa shape index (κ3) is 4.54. The summed E-state index contributed by atoms with van der Waals surface area (Å²) < 4.78 is 10.8. The molecule has 2 rings (SSSR count). The molecule has 0 aromatic rings. The highest BCUT2D eigenvalue weighted by Crippen LogP contribution is 2.44. The van der Waals surface area contributed by atoms with Gasteiger partial charge in [0, 0.05) is 11.8 Å². The quantitative estimate of drug-likeness (QED) is 0.382. The first-order valence-corrected chi connectivity index (χ1v) is 9.48. The zero-order valence-electron chi connectivity index (χ0n) is 16.8. The average Bonchev–Trinajstić information content (AvgIpc) is 2.61. The number of hydrogen-bond donors (Lipinski definition) is 5. The molecule has 2 aliphatic rings. The Morgan fingerprint density at radius 1 is 1.29 bits per heavy atom. The van der Waals surface area contributed by atoms with Crippen LogP contribution in [0.5, 0.6) is 0 Å². The van der Waals surface area contributed by atoms with Gasteiger partial charge in [-0.2, -0.15) is 0 Å². The molecule has 0 spiro atoms. The summed E-state index contributed by atoms with van der Waals surface area (Å²) in [6.45, 7) is 6.81. The molecular weight excluding hydrogens is 368 g/mol. The zero-order chi connectivity index (χ0) is 21.3. The van der Waals surface area contributed by atoms with E-state index < -0.39 is 48.3 Å². The van der Waals surface area contributed by atoms with Crippen molar-refractivity contribution in [3.63, 3.8) is 0 Å². The highest BCUT2D eigenvalue weighted by molar-refractivity contribution is 5.92. The Kier molecular flexibility index (Phi) is 7.20.